The first-order valence-corrected chi connectivity index (χ1v) is 13.7. The fourth-order valence-electron chi connectivity index (χ4n) is 3.65. The van der Waals surface area contributed by atoms with Crippen LogP contribution in [0.3, 0.4) is 0 Å². The molecule has 1 aliphatic rings. The average Bonchev–Trinajstić information content (AvgIpc) is 2.84. The maximum Gasteiger partial charge on any atom is 0.281 e. The number of ether oxygens (including phenoxy) is 2. The smallest absolute Gasteiger partial charge is 0.281 e. The van der Waals surface area contributed by atoms with Crippen LogP contribution in [0, 0.1) is 5.92 Å². The van der Waals surface area contributed by atoms with Crippen LogP contribution >= 0.6 is 0 Å². The van der Waals surface area contributed by atoms with Gasteiger partial charge in [-0.1, -0.05) is 0 Å². The van der Waals surface area contributed by atoms with Crippen molar-refractivity contribution in [1.29, 1.82) is 0 Å². The Balaban J connectivity index is 1.68. The summed E-state index contributed by atoms with van der Waals surface area (Å²) in [4.78, 5) is 12.7. The number of anilines is 2. The van der Waals surface area contributed by atoms with E-state index in [9.17, 15) is 21.6 Å². The van der Waals surface area contributed by atoms with Crippen molar-refractivity contribution in [3.8, 4) is 11.5 Å². The highest BCUT2D eigenvalue weighted by molar-refractivity contribution is 7.92. The lowest BCUT2D eigenvalue weighted by Gasteiger charge is -2.32. The van der Waals surface area contributed by atoms with Gasteiger partial charge in [-0.3, -0.25) is 9.52 Å². The molecule has 1 aliphatic heterocycles. The van der Waals surface area contributed by atoms with Crippen LogP contribution in [0.2, 0.25) is 0 Å². The summed E-state index contributed by atoms with van der Waals surface area (Å²) in [6.07, 6.45) is 1.13. The zero-order valence-electron chi connectivity index (χ0n) is 20.0. The Hall–Kier alpha value is -2.87. The number of amides is 1. The molecule has 1 atom stereocenters. The van der Waals surface area contributed by atoms with E-state index in [1.807, 2.05) is 0 Å². The first kappa shape index (κ1) is 26.7. The van der Waals surface area contributed by atoms with Crippen molar-refractivity contribution < 1.29 is 31.1 Å². The Labute approximate surface area is 206 Å². The average molecular weight is 527 g/mol. The summed E-state index contributed by atoms with van der Waals surface area (Å²) in [6, 6.07) is 10.4. The van der Waals surface area contributed by atoms with Gasteiger partial charge in [-0.25, -0.2) is 8.42 Å². The van der Waals surface area contributed by atoms with Crippen molar-refractivity contribution in [3.05, 3.63) is 42.5 Å². The van der Waals surface area contributed by atoms with Crippen LogP contribution in [0.15, 0.2) is 47.4 Å². The predicted octanol–water partition coefficient (Wildman–Crippen LogP) is 1.96. The van der Waals surface area contributed by atoms with Crippen LogP contribution in [-0.4, -0.2) is 72.8 Å². The van der Waals surface area contributed by atoms with E-state index in [0.717, 1.165) is 4.31 Å². The van der Waals surface area contributed by atoms with E-state index in [4.69, 9.17) is 9.47 Å². The quantitative estimate of drug-likeness (QED) is 0.510. The van der Waals surface area contributed by atoms with Crippen molar-refractivity contribution in [3.63, 3.8) is 0 Å². The maximum atomic E-state index is 12.8. The van der Waals surface area contributed by atoms with Crippen LogP contribution in [0.1, 0.15) is 12.8 Å². The monoisotopic (exact) mass is 526 g/mol. The number of hydrogen-bond acceptors (Lipinski definition) is 7. The molecule has 0 saturated carbocycles. The molecule has 2 aromatic carbocycles. The second-order valence-electron chi connectivity index (χ2n) is 8.17. The maximum absolute atomic E-state index is 12.8. The molecule has 0 unspecified atom stereocenters. The Morgan fingerprint density at radius 2 is 1.71 bits per heavy atom. The van der Waals surface area contributed by atoms with Crippen LogP contribution in [0.5, 0.6) is 11.5 Å². The van der Waals surface area contributed by atoms with Crippen molar-refractivity contribution in [1.82, 2.24) is 8.61 Å². The van der Waals surface area contributed by atoms with Crippen molar-refractivity contribution >= 4 is 37.5 Å². The second kappa shape index (κ2) is 10.8. The number of carbonyl (C=O) groups excluding carboxylic acids is 1. The molecule has 2 aromatic rings. The van der Waals surface area contributed by atoms with E-state index in [1.165, 1.54) is 63.0 Å². The summed E-state index contributed by atoms with van der Waals surface area (Å²) < 4.78 is 65.7. The number of nitrogens with zero attached hydrogens (tertiary/aromatic N) is 2. The third kappa shape index (κ3) is 6.23. The molecule has 35 heavy (non-hydrogen) atoms. The molecule has 1 amide bonds. The summed E-state index contributed by atoms with van der Waals surface area (Å²) >= 11 is 0. The van der Waals surface area contributed by atoms with E-state index in [0.29, 0.717) is 36.6 Å². The number of carbonyl (C=O) groups is 1. The molecule has 0 bridgehead atoms. The minimum atomic E-state index is -3.92. The zero-order chi connectivity index (χ0) is 25.8. The van der Waals surface area contributed by atoms with Gasteiger partial charge < -0.3 is 14.8 Å². The van der Waals surface area contributed by atoms with Crippen LogP contribution in [-0.2, 0) is 25.0 Å². The highest BCUT2D eigenvalue weighted by atomic mass is 32.2. The molecule has 13 heteroatoms. The van der Waals surface area contributed by atoms with E-state index in [2.05, 4.69) is 10.0 Å². The molecule has 0 radical (unpaired) electrons. The van der Waals surface area contributed by atoms with Gasteiger partial charge in [0.1, 0.15) is 11.5 Å². The van der Waals surface area contributed by atoms with Gasteiger partial charge in [0, 0.05) is 38.9 Å². The summed E-state index contributed by atoms with van der Waals surface area (Å²) in [5.74, 6) is -0.00801. The number of methoxy groups -OCH3 is 2. The van der Waals surface area contributed by atoms with Crippen LogP contribution in [0.4, 0.5) is 11.4 Å². The fourth-order valence-corrected chi connectivity index (χ4v) is 5.91. The van der Waals surface area contributed by atoms with Crippen LogP contribution in [0.25, 0.3) is 0 Å². The summed E-state index contributed by atoms with van der Waals surface area (Å²) in [5.41, 5.74) is 0.656. The Kier molecular flexibility index (Phi) is 8.26. The highest BCUT2D eigenvalue weighted by Gasteiger charge is 2.33. The summed E-state index contributed by atoms with van der Waals surface area (Å²) in [6.45, 7) is 0.454. The highest BCUT2D eigenvalue weighted by Crippen LogP contribution is 2.31. The zero-order valence-corrected chi connectivity index (χ0v) is 21.6. The van der Waals surface area contributed by atoms with Gasteiger partial charge >= 0.3 is 0 Å². The molecule has 192 valence electrons. The van der Waals surface area contributed by atoms with Gasteiger partial charge in [0.2, 0.25) is 5.91 Å². The van der Waals surface area contributed by atoms with E-state index in [-0.39, 0.29) is 23.0 Å². The molecule has 1 heterocycles. The Morgan fingerprint density at radius 3 is 2.31 bits per heavy atom. The molecule has 0 spiro atoms. The second-order valence-corrected chi connectivity index (χ2v) is 12.0. The van der Waals surface area contributed by atoms with E-state index < -0.39 is 26.2 Å². The van der Waals surface area contributed by atoms with Crippen molar-refractivity contribution in [2.45, 2.75) is 17.7 Å². The molecule has 0 aliphatic carbocycles. The molecular weight excluding hydrogens is 496 g/mol. The molecule has 3 rings (SSSR count). The van der Waals surface area contributed by atoms with E-state index >= 15 is 0 Å². The molecule has 2 N–H and O–H groups in total. The first-order valence-electron chi connectivity index (χ1n) is 10.8. The molecular formula is C22H30N4O7S2. The van der Waals surface area contributed by atoms with Gasteiger partial charge in [0.05, 0.1) is 30.7 Å². The van der Waals surface area contributed by atoms with Crippen molar-refractivity contribution in [2.24, 2.45) is 5.92 Å². The number of sulfonamides is 1. The molecule has 1 fully saturated rings. The SMILES string of the molecule is COc1ccc(NS(=O)(=O)c2ccc(NC(=O)[C@H]3CCCN(S(=O)(=O)N(C)C)C3)cc2)c(OC)c1. The standard InChI is InChI=1S/C22H30N4O7S2/c1-25(2)35(30,31)26-13-5-6-16(15-26)22(27)23-17-7-10-19(11-8-17)34(28,29)24-20-12-9-18(32-3)14-21(20)33-4/h7-12,14,16,24H,5-6,13,15H2,1-4H3,(H,23,27)/t16-/m0/s1. The normalized spacial score (nSPS) is 17.1. The number of hydrogen-bond donors (Lipinski definition) is 2. The fraction of sp³-hybridized carbons (Fsp3) is 0.409. The van der Waals surface area contributed by atoms with Gasteiger partial charge in [-0.15, -0.1) is 0 Å². The van der Waals surface area contributed by atoms with E-state index in [1.54, 1.807) is 12.1 Å². The topological polar surface area (TPSA) is 134 Å². The van der Waals surface area contributed by atoms with Gasteiger partial charge in [-0.05, 0) is 49.2 Å². The van der Waals surface area contributed by atoms with Gasteiger partial charge in [0.25, 0.3) is 20.2 Å². The Bertz CT molecular complexity index is 1260. The largest absolute Gasteiger partial charge is 0.497 e. The summed E-state index contributed by atoms with van der Waals surface area (Å²) in [5, 5.41) is 2.75. The molecule has 1 saturated heterocycles. The third-order valence-corrected chi connectivity index (χ3v) is 8.92. The number of benzene rings is 2. The third-order valence-electron chi connectivity index (χ3n) is 5.63. The number of nitrogens with one attached hydrogen (secondary N) is 2. The Morgan fingerprint density at radius 1 is 1.03 bits per heavy atom. The lowest BCUT2D eigenvalue weighted by Crippen LogP contribution is -2.47. The molecule has 11 nitrogen and oxygen atoms in total. The number of piperidine rings is 1. The first-order chi connectivity index (χ1) is 16.5. The predicted molar refractivity (Wildman–Crippen MR) is 132 cm³/mol. The lowest BCUT2D eigenvalue weighted by atomic mass is 9.99. The lowest BCUT2D eigenvalue weighted by molar-refractivity contribution is -0.120. The number of rotatable bonds is 9. The minimum absolute atomic E-state index is 0.00529. The molecule has 0 aromatic heterocycles. The minimum Gasteiger partial charge on any atom is -0.497 e. The van der Waals surface area contributed by atoms with Crippen LogP contribution < -0.4 is 19.5 Å². The summed E-state index contributed by atoms with van der Waals surface area (Å²) in [7, 11) is -1.70. The van der Waals surface area contributed by atoms with Gasteiger partial charge in [-0.2, -0.15) is 17.0 Å². The van der Waals surface area contributed by atoms with Crippen molar-refractivity contribution in [2.75, 3.05) is 51.4 Å². The van der Waals surface area contributed by atoms with Gasteiger partial charge in [0.15, 0.2) is 0 Å².